The summed E-state index contributed by atoms with van der Waals surface area (Å²) in [7, 11) is 2.13. The van der Waals surface area contributed by atoms with Gasteiger partial charge in [-0.1, -0.05) is 6.92 Å². The predicted octanol–water partition coefficient (Wildman–Crippen LogP) is 4.98. The third-order valence-corrected chi connectivity index (χ3v) is 8.23. The number of pyridine rings is 1. The lowest BCUT2D eigenvalue weighted by Crippen LogP contribution is -2.44. The van der Waals surface area contributed by atoms with Crippen LogP contribution in [0, 0.1) is 11.6 Å². The van der Waals surface area contributed by atoms with E-state index >= 15 is 0 Å². The molecule has 6 rings (SSSR count). The Morgan fingerprint density at radius 1 is 1.05 bits per heavy atom. The zero-order valence-corrected chi connectivity index (χ0v) is 23.8. The topological polar surface area (TPSA) is 98.4 Å². The summed E-state index contributed by atoms with van der Waals surface area (Å²) in [5.74, 6) is -1.59. The average Bonchev–Trinajstić information content (AvgIpc) is 3.39. The van der Waals surface area contributed by atoms with Crippen molar-refractivity contribution < 1.29 is 18.3 Å². The van der Waals surface area contributed by atoms with Crippen LogP contribution < -0.4 is 15.5 Å². The summed E-state index contributed by atoms with van der Waals surface area (Å²) in [6, 6.07) is 11.4. The number of fused-ring (bicyclic) bond motifs is 1. The van der Waals surface area contributed by atoms with Crippen LogP contribution in [-0.2, 0) is 4.74 Å². The molecule has 2 aromatic heterocycles. The second-order valence-electron chi connectivity index (χ2n) is 11.2. The Labute approximate surface area is 243 Å². The molecule has 0 radical (unpaired) electrons. The van der Waals surface area contributed by atoms with Gasteiger partial charge in [-0.2, -0.15) is 5.10 Å². The van der Waals surface area contributed by atoms with Gasteiger partial charge in [0, 0.05) is 79.9 Å². The molecular weight excluding hydrogens is 540 g/mol. The van der Waals surface area contributed by atoms with Gasteiger partial charge in [-0.05, 0) is 61.9 Å². The highest BCUT2D eigenvalue weighted by Crippen LogP contribution is 2.31. The highest BCUT2D eigenvalue weighted by atomic mass is 19.1. The van der Waals surface area contributed by atoms with Crippen LogP contribution >= 0.6 is 0 Å². The average molecular weight is 576 g/mol. The molecule has 2 aliphatic rings. The molecule has 4 aromatic rings. The lowest BCUT2D eigenvalue weighted by molar-refractivity contribution is 0.0904. The number of aromatic nitrogens is 3. The van der Waals surface area contributed by atoms with Crippen LogP contribution in [0.15, 0.2) is 48.7 Å². The standard InChI is InChI=1S/C31H35F2N7O2/c1-19(20-13-21(32)15-22(33)14-20)27-17-26-29(18-34-27)37-38-30(26)36-31(41)25-4-3-24(40-9-7-39(2)8-10-40)16-28(25)35-23-5-11-42-12-6-23/h3-4,13-19,23,35H,5-12H2,1-2H3,(H2,36,37,38,41). The van der Waals surface area contributed by atoms with Crippen LogP contribution in [0.25, 0.3) is 10.9 Å². The Kier molecular flexibility index (Phi) is 8.03. The molecule has 2 fully saturated rings. The predicted molar refractivity (Wildman–Crippen MR) is 159 cm³/mol. The SMILES string of the molecule is CC(c1cc(F)cc(F)c1)c1cc2c(NC(=O)c3ccc(N4CCN(C)CC4)cc3NC3CCOCC3)n[nH]c2cn1. The van der Waals surface area contributed by atoms with Gasteiger partial charge in [-0.3, -0.25) is 14.9 Å². The third-order valence-electron chi connectivity index (χ3n) is 8.23. The fraction of sp³-hybridized carbons (Fsp3) is 0.387. The summed E-state index contributed by atoms with van der Waals surface area (Å²) >= 11 is 0. The summed E-state index contributed by atoms with van der Waals surface area (Å²) in [4.78, 5) is 22.8. The van der Waals surface area contributed by atoms with Crippen LogP contribution in [0.1, 0.15) is 47.3 Å². The number of aromatic amines is 1. The molecule has 0 saturated carbocycles. The zero-order chi connectivity index (χ0) is 29.2. The van der Waals surface area contributed by atoms with E-state index in [0.717, 1.165) is 56.5 Å². The van der Waals surface area contributed by atoms with Crippen molar-refractivity contribution in [3.63, 3.8) is 0 Å². The molecule has 4 heterocycles. The molecule has 2 aliphatic heterocycles. The van der Waals surface area contributed by atoms with E-state index in [0.29, 0.717) is 46.8 Å². The van der Waals surface area contributed by atoms with Gasteiger partial charge in [0.25, 0.3) is 5.91 Å². The molecule has 220 valence electrons. The van der Waals surface area contributed by atoms with Crippen LogP contribution in [0.3, 0.4) is 0 Å². The van der Waals surface area contributed by atoms with Crippen LogP contribution in [0.4, 0.5) is 26.0 Å². The quantitative estimate of drug-likeness (QED) is 0.286. The number of hydrogen-bond donors (Lipinski definition) is 3. The number of carbonyl (C=O) groups excluding carboxylic acids is 1. The largest absolute Gasteiger partial charge is 0.381 e. The van der Waals surface area contributed by atoms with Crippen molar-refractivity contribution in [2.45, 2.75) is 31.7 Å². The Hall–Kier alpha value is -4.09. The van der Waals surface area contributed by atoms with E-state index in [1.807, 2.05) is 19.1 Å². The second kappa shape index (κ2) is 12.0. The highest BCUT2D eigenvalue weighted by molar-refractivity contribution is 6.11. The molecule has 1 atom stereocenters. The molecule has 3 N–H and O–H groups in total. The summed E-state index contributed by atoms with van der Waals surface area (Å²) in [5, 5.41) is 14.5. The van der Waals surface area contributed by atoms with Crippen LogP contribution in [0.2, 0.25) is 0 Å². The van der Waals surface area contributed by atoms with Crippen molar-refractivity contribution in [2.75, 3.05) is 62.0 Å². The van der Waals surface area contributed by atoms with Gasteiger partial charge in [-0.25, -0.2) is 8.78 Å². The second-order valence-corrected chi connectivity index (χ2v) is 11.2. The molecule has 1 amide bonds. The summed E-state index contributed by atoms with van der Waals surface area (Å²) in [6.45, 7) is 7.03. The molecule has 2 saturated heterocycles. The fourth-order valence-corrected chi connectivity index (χ4v) is 5.61. The Bertz CT molecular complexity index is 1560. The number of piperazine rings is 1. The first kappa shape index (κ1) is 28.0. The monoisotopic (exact) mass is 575 g/mol. The molecule has 0 spiro atoms. The van der Waals surface area contributed by atoms with Crippen LogP contribution in [0.5, 0.6) is 0 Å². The molecule has 0 bridgehead atoms. The van der Waals surface area contributed by atoms with Gasteiger partial charge in [0.15, 0.2) is 5.82 Å². The number of H-pyrrole nitrogens is 1. The summed E-state index contributed by atoms with van der Waals surface area (Å²) in [5.41, 5.74) is 4.09. The first-order valence-electron chi connectivity index (χ1n) is 14.4. The number of nitrogens with one attached hydrogen (secondary N) is 3. The van der Waals surface area contributed by atoms with Gasteiger partial charge < -0.3 is 25.2 Å². The Morgan fingerprint density at radius 3 is 2.52 bits per heavy atom. The van der Waals surface area contributed by atoms with E-state index < -0.39 is 11.6 Å². The number of ether oxygens (including phenoxy) is 1. The number of hydrogen-bond acceptors (Lipinski definition) is 7. The van der Waals surface area contributed by atoms with Crippen molar-refractivity contribution in [2.24, 2.45) is 0 Å². The number of anilines is 3. The van der Waals surface area contributed by atoms with E-state index in [4.69, 9.17) is 4.74 Å². The number of benzene rings is 2. The normalized spacial score (nSPS) is 17.4. The lowest BCUT2D eigenvalue weighted by atomic mass is 9.96. The first-order chi connectivity index (χ1) is 20.3. The number of carbonyl (C=O) groups is 1. The first-order valence-corrected chi connectivity index (χ1v) is 14.4. The van der Waals surface area contributed by atoms with Gasteiger partial charge >= 0.3 is 0 Å². The zero-order valence-electron chi connectivity index (χ0n) is 23.8. The molecule has 0 aliphatic carbocycles. The fourth-order valence-electron chi connectivity index (χ4n) is 5.61. The van der Waals surface area contributed by atoms with Gasteiger partial charge in [-0.15, -0.1) is 0 Å². The van der Waals surface area contributed by atoms with Crippen LogP contribution in [-0.4, -0.2) is 78.5 Å². The van der Waals surface area contributed by atoms with Crippen molar-refractivity contribution in [3.05, 3.63) is 77.1 Å². The number of halogens is 2. The van der Waals surface area contributed by atoms with Gasteiger partial charge in [0.05, 0.1) is 17.3 Å². The summed E-state index contributed by atoms with van der Waals surface area (Å²) in [6.07, 6.45) is 3.35. The summed E-state index contributed by atoms with van der Waals surface area (Å²) < 4.78 is 33.3. The van der Waals surface area contributed by atoms with E-state index in [1.54, 1.807) is 12.3 Å². The van der Waals surface area contributed by atoms with E-state index in [1.165, 1.54) is 12.1 Å². The van der Waals surface area contributed by atoms with E-state index in [9.17, 15) is 13.6 Å². The third kappa shape index (κ3) is 6.07. The highest BCUT2D eigenvalue weighted by Gasteiger charge is 2.22. The van der Waals surface area contributed by atoms with Crippen molar-refractivity contribution >= 4 is 34.0 Å². The minimum Gasteiger partial charge on any atom is -0.381 e. The van der Waals surface area contributed by atoms with Crippen molar-refractivity contribution in [1.82, 2.24) is 20.1 Å². The minimum atomic E-state index is -0.641. The molecule has 9 nitrogen and oxygen atoms in total. The molecule has 2 aromatic carbocycles. The molecule has 11 heteroatoms. The maximum Gasteiger partial charge on any atom is 0.258 e. The smallest absolute Gasteiger partial charge is 0.258 e. The van der Waals surface area contributed by atoms with E-state index in [-0.39, 0.29) is 17.9 Å². The minimum absolute atomic E-state index is 0.210. The maximum atomic E-state index is 13.9. The van der Waals surface area contributed by atoms with E-state index in [2.05, 4.69) is 48.7 Å². The van der Waals surface area contributed by atoms with Gasteiger partial charge in [0.2, 0.25) is 0 Å². The molecular formula is C31H35F2N7O2. The Balaban J connectivity index is 1.27. The van der Waals surface area contributed by atoms with Crippen molar-refractivity contribution in [1.29, 1.82) is 0 Å². The number of nitrogens with zero attached hydrogens (tertiary/aromatic N) is 4. The van der Waals surface area contributed by atoms with Gasteiger partial charge in [0.1, 0.15) is 11.6 Å². The number of likely N-dealkylation sites (N-methyl/N-ethyl adjacent to an activating group) is 1. The lowest BCUT2D eigenvalue weighted by Gasteiger charge is -2.34. The maximum absolute atomic E-state index is 13.9. The molecule has 1 unspecified atom stereocenters. The molecule has 42 heavy (non-hydrogen) atoms. The number of amides is 1. The Morgan fingerprint density at radius 2 is 1.79 bits per heavy atom. The van der Waals surface area contributed by atoms with Crippen molar-refractivity contribution in [3.8, 4) is 0 Å². The number of rotatable bonds is 7.